The highest BCUT2D eigenvalue weighted by molar-refractivity contribution is 7.91. The molecule has 8 heteroatoms. The number of hydrogen-bond donors (Lipinski definition) is 1. The third-order valence-corrected chi connectivity index (χ3v) is 6.63. The largest absolute Gasteiger partial charge is 0.506 e. The van der Waals surface area contributed by atoms with Crippen LogP contribution >= 0.6 is 0 Å². The molecule has 0 spiro atoms. The Balaban J connectivity index is 1.69. The molecule has 2 aromatic carbocycles. The second-order valence-corrected chi connectivity index (χ2v) is 9.13. The lowest BCUT2D eigenvalue weighted by Gasteiger charge is -2.27. The van der Waals surface area contributed by atoms with Crippen molar-refractivity contribution in [3.05, 3.63) is 42.0 Å². The fraction of sp³-hybridized carbons (Fsp3) is 0.400. The van der Waals surface area contributed by atoms with Gasteiger partial charge in [-0.15, -0.1) is 0 Å². The van der Waals surface area contributed by atoms with Crippen molar-refractivity contribution >= 4 is 32.5 Å². The van der Waals surface area contributed by atoms with E-state index in [2.05, 4.69) is 0 Å². The topological polar surface area (TPSA) is 101 Å². The molecule has 0 aromatic heterocycles. The summed E-state index contributed by atoms with van der Waals surface area (Å²) in [6.07, 6.45) is 1.06. The lowest BCUT2D eigenvalue weighted by molar-refractivity contribution is -0.136. The SMILES string of the molecule is CCCN(C(=O)COC(=O)c1ccc2ccccc2c1O)[C@H]1CCS(=O)(=O)C1. The molecule has 1 aliphatic heterocycles. The smallest absolute Gasteiger partial charge is 0.342 e. The van der Waals surface area contributed by atoms with Crippen LogP contribution in [0.15, 0.2) is 36.4 Å². The molecule has 1 aliphatic rings. The number of phenols is 1. The summed E-state index contributed by atoms with van der Waals surface area (Å²) in [6, 6.07) is 9.84. The zero-order valence-corrected chi connectivity index (χ0v) is 16.4. The van der Waals surface area contributed by atoms with Crippen LogP contribution in [0.3, 0.4) is 0 Å². The van der Waals surface area contributed by atoms with Gasteiger partial charge in [-0.05, 0) is 24.3 Å². The lowest BCUT2D eigenvalue weighted by Crippen LogP contribution is -2.43. The molecule has 0 unspecified atom stereocenters. The molecule has 150 valence electrons. The van der Waals surface area contributed by atoms with Gasteiger partial charge >= 0.3 is 5.97 Å². The molecular formula is C20H23NO6S. The standard InChI is InChI=1S/C20H23NO6S/c1-2-10-21(15-9-11-28(25,26)13-15)18(22)12-27-20(24)17-8-7-14-5-3-4-6-16(14)19(17)23/h3-8,15,23H,2,9-13H2,1H3/t15-/m0/s1. The van der Waals surface area contributed by atoms with Crippen LogP contribution in [0, 0.1) is 0 Å². The van der Waals surface area contributed by atoms with Gasteiger partial charge in [0.2, 0.25) is 0 Å². The second-order valence-electron chi connectivity index (χ2n) is 6.90. The minimum absolute atomic E-state index is 0.0167. The van der Waals surface area contributed by atoms with Crippen molar-refractivity contribution in [2.75, 3.05) is 24.7 Å². The summed E-state index contributed by atoms with van der Waals surface area (Å²) in [4.78, 5) is 26.4. The van der Waals surface area contributed by atoms with Crippen molar-refractivity contribution in [1.29, 1.82) is 0 Å². The number of amides is 1. The Bertz CT molecular complexity index is 1000. The molecule has 1 saturated heterocycles. The molecule has 0 radical (unpaired) electrons. The van der Waals surface area contributed by atoms with E-state index in [1.165, 1.54) is 11.0 Å². The first-order valence-corrected chi connectivity index (χ1v) is 11.0. The van der Waals surface area contributed by atoms with Gasteiger partial charge in [-0.1, -0.05) is 37.3 Å². The Morgan fingerprint density at radius 1 is 1.21 bits per heavy atom. The molecule has 28 heavy (non-hydrogen) atoms. The summed E-state index contributed by atoms with van der Waals surface area (Å²) in [7, 11) is -3.13. The van der Waals surface area contributed by atoms with Crippen molar-refractivity contribution in [2.45, 2.75) is 25.8 Å². The average Bonchev–Trinajstić information content (AvgIpc) is 3.03. The number of hydrogen-bond acceptors (Lipinski definition) is 6. The highest BCUT2D eigenvalue weighted by Gasteiger charge is 2.34. The molecule has 0 aliphatic carbocycles. The summed E-state index contributed by atoms with van der Waals surface area (Å²) in [6.45, 7) is 1.79. The predicted octanol–water partition coefficient (Wildman–Crippen LogP) is 2.13. The van der Waals surface area contributed by atoms with Gasteiger partial charge in [0.25, 0.3) is 5.91 Å². The van der Waals surface area contributed by atoms with E-state index in [1.54, 1.807) is 18.2 Å². The Hall–Kier alpha value is -2.61. The number of sulfone groups is 1. The van der Waals surface area contributed by atoms with Gasteiger partial charge in [-0.2, -0.15) is 0 Å². The van der Waals surface area contributed by atoms with Crippen LogP contribution in [0.5, 0.6) is 5.75 Å². The summed E-state index contributed by atoms with van der Waals surface area (Å²) in [5.41, 5.74) is -0.0167. The van der Waals surface area contributed by atoms with Crippen LogP contribution in [-0.4, -0.2) is 61.0 Å². The van der Waals surface area contributed by atoms with Crippen molar-refractivity contribution < 1.29 is 27.9 Å². The summed E-state index contributed by atoms with van der Waals surface area (Å²) in [5.74, 6) is -1.42. The van der Waals surface area contributed by atoms with Crippen LogP contribution in [0.1, 0.15) is 30.1 Å². The van der Waals surface area contributed by atoms with E-state index >= 15 is 0 Å². The highest BCUT2D eigenvalue weighted by Crippen LogP contribution is 2.29. The number of ether oxygens (including phenoxy) is 1. The molecular weight excluding hydrogens is 382 g/mol. The molecule has 1 heterocycles. The zero-order chi connectivity index (χ0) is 20.3. The number of fused-ring (bicyclic) bond motifs is 1. The molecule has 0 saturated carbocycles. The minimum Gasteiger partial charge on any atom is -0.506 e. The fourth-order valence-corrected chi connectivity index (χ4v) is 5.21. The molecule has 1 fully saturated rings. The molecule has 7 nitrogen and oxygen atoms in total. The zero-order valence-electron chi connectivity index (χ0n) is 15.6. The highest BCUT2D eigenvalue weighted by atomic mass is 32.2. The molecule has 1 N–H and O–H groups in total. The van der Waals surface area contributed by atoms with Crippen LogP contribution in [0.25, 0.3) is 10.8 Å². The van der Waals surface area contributed by atoms with Gasteiger partial charge in [-0.25, -0.2) is 13.2 Å². The van der Waals surface area contributed by atoms with E-state index in [0.717, 1.165) is 5.39 Å². The first kappa shape index (κ1) is 20.1. The van der Waals surface area contributed by atoms with Crippen molar-refractivity contribution in [2.24, 2.45) is 0 Å². The van der Waals surface area contributed by atoms with E-state index < -0.39 is 28.3 Å². The molecule has 1 amide bonds. The lowest BCUT2D eigenvalue weighted by atomic mass is 10.1. The fourth-order valence-electron chi connectivity index (χ4n) is 3.48. The maximum atomic E-state index is 12.6. The molecule has 3 rings (SSSR count). The number of carbonyl (C=O) groups excluding carboxylic acids is 2. The van der Waals surface area contributed by atoms with Gasteiger partial charge in [-0.3, -0.25) is 4.79 Å². The Labute approximate surface area is 163 Å². The van der Waals surface area contributed by atoms with E-state index in [9.17, 15) is 23.1 Å². The minimum atomic E-state index is -3.13. The van der Waals surface area contributed by atoms with Gasteiger partial charge in [0.05, 0.1) is 11.5 Å². The average molecular weight is 405 g/mol. The number of rotatable bonds is 6. The van der Waals surface area contributed by atoms with Gasteiger partial charge in [0.1, 0.15) is 11.3 Å². The Morgan fingerprint density at radius 2 is 1.96 bits per heavy atom. The second kappa shape index (κ2) is 8.18. The first-order chi connectivity index (χ1) is 13.3. The quantitative estimate of drug-likeness (QED) is 0.739. The normalized spacial score (nSPS) is 18.1. The number of nitrogens with zero attached hydrogens (tertiary/aromatic N) is 1. The molecule has 0 bridgehead atoms. The van der Waals surface area contributed by atoms with Crippen molar-refractivity contribution in [1.82, 2.24) is 4.90 Å². The molecule has 1 atom stereocenters. The van der Waals surface area contributed by atoms with Crippen molar-refractivity contribution in [3.63, 3.8) is 0 Å². The Morgan fingerprint density at radius 3 is 2.64 bits per heavy atom. The number of carbonyl (C=O) groups is 2. The summed E-state index contributed by atoms with van der Waals surface area (Å²) >= 11 is 0. The number of benzene rings is 2. The Kier molecular flexibility index (Phi) is 5.88. The third-order valence-electron chi connectivity index (χ3n) is 4.88. The van der Waals surface area contributed by atoms with Crippen LogP contribution in [0.4, 0.5) is 0 Å². The summed E-state index contributed by atoms with van der Waals surface area (Å²) < 4.78 is 28.6. The third kappa shape index (κ3) is 4.27. The van der Waals surface area contributed by atoms with E-state index in [0.29, 0.717) is 24.8 Å². The monoisotopic (exact) mass is 405 g/mol. The van der Waals surface area contributed by atoms with Crippen LogP contribution < -0.4 is 0 Å². The number of phenolic OH excluding ortho intramolecular Hbond substituents is 1. The van der Waals surface area contributed by atoms with Crippen molar-refractivity contribution in [3.8, 4) is 5.75 Å². The number of esters is 1. The van der Waals surface area contributed by atoms with Gasteiger partial charge in [0, 0.05) is 18.0 Å². The predicted molar refractivity (Wildman–Crippen MR) is 105 cm³/mol. The first-order valence-electron chi connectivity index (χ1n) is 9.20. The molecule has 2 aromatic rings. The number of aromatic hydroxyl groups is 1. The van der Waals surface area contributed by atoms with E-state index in [4.69, 9.17) is 4.74 Å². The van der Waals surface area contributed by atoms with E-state index in [1.807, 2.05) is 19.1 Å². The van der Waals surface area contributed by atoms with Gasteiger partial charge in [0.15, 0.2) is 16.4 Å². The van der Waals surface area contributed by atoms with Crippen LogP contribution in [0.2, 0.25) is 0 Å². The van der Waals surface area contributed by atoms with E-state index in [-0.39, 0.29) is 28.9 Å². The van der Waals surface area contributed by atoms with Crippen LogP contribution in [-0.2, 0) is 19.4 Å². The maximum absolute atomic E-state index is 12.6. The van der Waals surface area contributed by atoms with Gasteiger partial charge < -0.3 is 14.7 Å². The maximum Gasteiger partial charge on any atom is 0.342 e. The summed E-state index contributed by atoms with van der Waals surface area (Å²) in [5, 5.41) is 11.6.